The van der Waals surface area contributed by atoms with Crippen LogP contribution in [0.5, 0.6) is 0 Å². The van der Waals surface area contributed by atoms with Crippen LogP contribution in [-0.2, 0) is 0 Å². The summed E-state index contributed by atoms with van der Waals surface area (Å²) >= 11 is 0. The lowest BCUT2D eigenvalue weighted by molar-refractivity contribution is 0.981. The summed E-state index contributed by atoms with van der Waals surface area (Å²) in [6.45, 7) is 0. The number of benzene rings is 1. The minimum atomic E-state index is 0.0797. The Hall–Kier alpha value is -3.22. The lowest BCUT2D eigenvalue weighted by atomic mass is 10.1. The van der Waals surface area contributed by atoms with E-state index >= 15 is 0 Å². The number of fused-ring (bicyclic) bond motifs is 1. The summed E-state index contributed by atoms with van der Waals surface area (Å²) in [5, 5.41) is 7.39. The van der Waals surface area contributed by atoms with Crippen LogP contribution in [-0.4, -0.2) is 20.8 Å². The van der Waals surface area contributed by atoms with Gasteiger partial charge >= 0.3 is 0 Å². The maximum atomic E-state index is 6.70. The van der Waals surface area contributed by atoms with Gasteiger partial charge in [-0.1, -0.05) is 17.4 Å². The third kappa shape index (κ3) is 2.57. The second-order valence-corrected chi connectivity index (χ2v) is 4.28. The van der Waals surface area contributed by atoms with Crippen molar-refractivity contribution in [2.75, 3.05) is 0 Å². The molecule has 3 aromatic rings. The molecule has 3 N–H and O–H groups in total. The number of nitrogens with one attached hydrogen (secondary N) is 1. The summed E-state index contributed by atoms with van der Waals surface area (Å²) in [5.74, 6) is 0.0797. The minimum Gasteiger partial charge on any atom is -0.380 e. The van der Waals surface area contributed by atoms with Crippen molar-refractivity contribution in [1.29, 1.82) is 5.53 Å². The number of hydrogen-bond donors (Lipinski definition) is 2. The highest BCUT2D eigenvalue weighted by Gasteiger charge is 2.06. The van der Waals surface area contributed by atoms with Crippen molar-refractivity contribution in [3.63, 3.8) is 0 Å². The van der Waals surface area contributed by atoms with Crippen LogP contribution >= 0.6 is 0 Å². The predicted molar refractivity (Wildman–Crippen MR) is 78.6 cm³/mol. The van der Waals surface area contributed by atoms with E-state index in [-0.39, 0.29) is 5.84 Å². The SMILES string of the molecule is N=NN=C(N)c1cc(-c2ccc3ncccc3c2)ncn1. The first-order chi connectivity index (χ1) is 10.3. The molecule has 2 aromatic heterocycles. The van der Waals surface area contributed by atoms with E-state index in [2.05, 4.69) is 25.3 Å². The van der Waals surface area contributed by atoms with Crippen LogP contribution in [0, 0.1) is 5.53 Å². The molecule has 3 rings (SSSR count). The van der Waals surface area contributed by atoms with Gasteiger partial charge in [0, 0.05) is 17.1 Å². The van der Waals surface area contributed by atoms with Gasteiger partial charge in [-0.2, -0.15) is 5.53 Å². The number of amidine groups is 1. The van der Waals surface area contributed by atoms with Gasteiger partial charge in [0.05, 0.1) is 11.2 Å². The Morgan fingerprint density at radius 1 is 1.10 bits per heavy atom. The van der Waals surface area contributed by atoms with Gasteiger partial charge in [0.1, 0.15) is 12.0 Å². The third-order valence-electron chi connectivity index (χ3n) is 2.99. The van der Waals surface area contributed by atoms with Crippen molar-refractivity contribution in [3.8, 4) is 11.3 Å². The summed E-state index contributed by atoms with van der Waals surface area (Å²) in [4.78, 5) is 12.5. The van der Waals surface area contributed by atoms with Gasteiger partial charge in [-0.15, -0.1) is 5.10 Å². The fourth-order valence-electron chi connectivity index (χ4n) is 2.00. The van der Waals surface area contributed by atoms with Crippen molar-refractivity contribution in [1.82, 2.24) is 15.0 Å². The first-order valence-electron chi connectivity index (χ1n) is 6.15. The van der Waals surface area contributed by atoms with Gasteiger partial charge in [-0.05, 0) is 24.3 Å². The first-order valence-corrected chi connectivity index (χ1v) is 6.15. The van der Waals surface area contributed by atoms with Crippen LogP contribution in [0.15, 0.2) is 59.2 Å². The largest absolute Gasteiger partial charge is 0.380 e. The summed E-state index contributed by atoms with van der Waals surface area (Å²) in [7, 11) is 0. The van der Waals surface area contributed by atoms with Crippen molar-refractivity contribution >= 4 is 16.7 Å². The van der Waals surface area contributed by atoms with Crippen LogP contribution in [0.3, 0.4) is 0 Å². The average Bonchev–Trinajstić information content (AvgIpc) is 2.55. The number of pyridine rings is 1. The zero-order valence-electron chi connectivity index (χ0n) is 10.9. The highest BCUT2D eigenvalue weighted by atomic mass is 15.3. The van der Waals surface area contributed by atoms with E-state index in [9.17, 15) is 0 Å². The molecular weight excluding hydrogens is 266 g/mol. The Bertz CT molecular complexity index is 841. The molecule has 21 heavy (non-hydrogen) atoms. The highest BCUT2D eigenvalue weighted by molar-refractivity contribution is 5.96. The van der Waals surface area contributed by atoms with Gasteiger partial charge in [0.2, 0.25) is 0 Å². The zero-order valence-corrected chi connectivity index (χ0v) is 10.9. The highest BCUT2D eigenvalue weighted by Crippen LogP contribution is 2.21. The van der Waals surface area contributed by atoms with E-state index in [1.807, 2.05) is 30.3 Å². The monoisotopic (exact) mass is 277 g/mol. The fraction of sp³-hybridized carbons (Fsp3) is 0. The van der Waals surface area contributed by atoms with Gasteiger partial charge in [0.25, 0.3) is 0 Å². The molecule has 0 radical (unpaired) electrons. The molecule has 7 heteroatoms. The normalized spacial score (nSPS) is 11.5. The van der Waals surface area contributed by atoms with Gasteiger partial charge in [0.15, 0.2) is 5.84 Å². The van der Waals surface area contributed by atoms with Crippen LogP contribution in [0.1, 0.15) is 5.69 Å². The molecule has 0 bridgehead atoms. The standard InChI is InChI=1S/C14H11N7/c15-14(20-21-16)13-7-12(18-8-19-13)10-3-4-11-9(6-10)2-1-5-17-11/h1-8H,(H3,15,16,20). The Morgan fingerprint density at radius 3 is 2.86 bits per heavy atom. The molecule has 0 saturated heterocycles. The molecule has 0 spiro atoms. The molecule has 0 atom stereocenters. The van der Waals surface area contributed by atoms with Crippen molar-refractivity contribution < 1.29 is 0 Å². The number of nitrogens with two attached hydrogens (primary N) is 1. The second-order valence-electron chi connectivity index (χ2n) is 4.28. The Kier molecular flexibility index (Phi) is 3.30. The molecular formula is C14H11N7. The summed E-state index contributed by atoms with van der Waals surface area (Å²) < 4.78 is 0. The van der Waals surface area contributed by atoms with Crippen LogP contribution in [0.2, 0.25) is 0 Å². The van der Waals surface area contributed by atoms with E-state index in [0.717, 1.165) is 16.5 Å². The summed E-state index contributed by atoms with van der Waals surface area (Å²) in [6, 6.07) is 11.4. The Morgan fingerprint density at radius 2 is 2.00 bits per heavy atom. The average molecular weight is 277 g/mol. The van der Waals surface area contributed by atoms with Crippen LogP contribution in [0.4, 0.5) is 0 Å². The molecule has 1 aromatic carbocycles. The Balaban J connectivity index is 2.08. The quantitative estimate of drug-likeness (QED) is 0.331. The number of hydrogen-bond acceptors (Lipinski definition) is 5. The molecule has 0 aliphatic rings. The molecule has 0 saturated carbocycles. The maximum Gasteiger partial charge on any atom is 0.173 e. The molecule has 0 aliphatic heterocycles. The third-order valence-corrected chi connectivity index (χ3v) is 2.99. The molecule has 0 aliphatic carbocycles. The smallest absolute Gasteiger partial charge is 0.173 e. The zero-order chi connectivity index (χ0) is 14.7. The number of aromatic nitrogens is 3. The molecule has 7 nitrogen and oxygen atoms in total. The topological polar surface area (TPSA) is 113 Å². The lowest BCUT2D eigenvalue weighted by Crippen LogP contribution is -2.14. The van der Waals surface area contributed by atoms with Crippen molar-refractivity contribution in [2.45, 2.75) is 0 Å². The fourth-order valence-corrected chi connectivity index (χ4v) is 2.00. The predicted octanol–water partition coefficient (Wildman–Crippen LogP) is 2.34. The number of rotatable bonds is 3. The number of nitrogens with zero attached hydrogens (tertiary/aromatic N) is 5. The Labute approximate surface area is 120 Å². The van der Waals surface area contributed by atoms with Gasteiger partial charge < -0.3 is 5.73 Å². The molecule has 0 unspecified atom stereocenters. The molecule has 0 amide bonds. The second kappa shape index (κ2) is 5.41. The molecule has 0 fully saturated rings. The van der Waals surface area contributed by atoms with Crippen molar-refractivity contribution in [3.05, 3.63) is 54.6 Å². The summed E-state index contributed by atoms with van der Waals surface area (Å²) in [6.07, 6.45) is 3.16. The van der Waals surface area contributed by atoms with E-state index in [1.54, 1.807) is 12.3 Å². The summed E-state index contributed by atoms with van der Waals surface area (Å²) in [5.41, 5.74) is 15.4. The van der Waals surface area contributed by atoms with Gasteiger partial charge in [-0.25, -0.2) is 9.97 Å². The van der Waals surface area contributed by atoms with Crippen LogP contribution < -0.4 is 5.73 Å². The van der Waals surface area contributed by atoms with E-state index < -0.39 is 0 Å². The van der Waals surface area contributed by atoms with E-state index in [4.69, 9.17) is 11.3 Å². The van der Waals surface area contributed by atoms with Crippen molar-refractivity contribution in [2.24, 2.45) is 16.1 Å². The molecule has 102 valence electrons. The molecule has 2 heterocycles. The van der Waals surface area contributed by atoms with E-state index in [0.29, 0.717) is 11.4 Å². The van der Waals surface area contributed by atoms with Gasteiger partial charge in [-0.3, -0.25) is 4.98 Å². The minimum absolute atomic E-state index is 0.0797. The van der Waals surface area contributed by atoms with Crippen LogP contribution in [0.25, 0.3) is 22.2 Å². The van der Waals surface area contributed by atoms with E-state index in [1.165, 1.54) is 6.33 Å². The maximum absolute atomic E-state index is 6.70. The lowest BCUT2D eigenvalue weighted by Gasteiger charge is -2.04. The first kappa shape index (κ1) is 12.8.